The predicted molar refractivity (Wildman–Crippen MR) is 163 cm³/mol. The van der Waals surface area contributed by atoms with Gasteiger partial charge in [0.25, 0.3) is 15.9 Å². The number of nitrogens with zero attached hydrogens (tertiary/aromatic N) is 3. The zero-order valence-electron chi connectivity index (χ0n) is 23.6. The number of primary sulfonamides is 1. The number of hydrogen-bond donors (Lipinski definition) is 4. The number of carbonyl (C=O) groups excluding carboxylic acids is 2. The average Bonchev–Trinajstić information content (AvgIpc) is 2.97. The van der Waals surface area contributed by atoms with Crippen molar-refractivity contribution in [3.8, 4) is 11.8 Å². The van der Waals surface area contributed by atoms with E-state index in [9.17, 15) is 36.8 Å². The molecule has 0 atom stereocenters. The van der Waals surface area contributed by atoms with Gasteiger partial charge in [0.15, 0.2) is 0 Å². The summed E-state index contributed by atoms with van der Waals surface area (Å²) in [6.07, 6.45) is 0. The van der Waals surface area contributed by atoms with E-state index >= 15 is 0 Å². The van der Waals surface area contributed by atoms with Gasteiger partial charge in [0.1, 0.15) is 17.5 Å². The van der Waals surface area contributed by atoms with Crippen LogP contribution in [-0.4, -0.2) is 33.6 Å². The molecule has 13 nitrogen and oxygen atoms in total. The standard InChI is InChI=1S/C29H26N6O7S2/c1-16(2)27(36)29(38)32-25-14-24(34-33-22-11-10-17(3)12-18(22)15-30)26-21(28(25)37)8-5-9-23(26)35-44(41,42)20-7-4-6-19(13-20)43(31,39)40/h4-14,16,35,37H,1-3H3,(H,32,38)(H2,31,39,40). The van der Waals surface area contributed by atoms with Gasteiger partial charge in [-0.15, -0.1) is 10.2 Å². The first-order chi connectivity index (χ1) is 20.6. The molecule has 5 N–H and O–H groups in total. The van der Waals surface area contributed by atoms with Crippen molar-refractivity contribution in [1.29, 1.82) is 5.26 Å². The molecule has 4 aromatic carbocycles. The highest BCUT2D eigenvalue weighted by molar-refractivity contribution is 7.93. The number of aryl methyl sites for hydroxylation is 1. The summed E-state index contributed by atoms with van der Waals surface area (Å²) in [6, 6.07) is 16.7. The maximum Gasteiger partial charge on any atom is 0.292 e. The Hall–Kier alpha value is -5.17. The zero-order valence-corrected chi connectivity index (χ0v) is 25.2. The van der Waals surface area contributed by atoms with Crippen LogP contribution in [0.4, 0.5) is 22.7 Å². The molecule has 15 heteroatoms. The van der Waals surface area contributed by atoms with Crippen LogP contribution < -0.4 is 15.2 Å². The van der Waals surface area contributed by atoms with Crippen molar-refractivity contribution < 1.29 is 31.5 Å². The molecule has 0 aliphatic heterocycles. The number of nitriles is 1. The summed E-state index contributed by atoms with van der Waals surface area (Å²) in [6.45, 7) is 4.86. The van der Waals surface area contributed by atoms with Gasteiger partial charge in [-0.3, -0.25) is 14.3 Å². The fraction of sp³-hybridized carbons (Fsp3) is 0.138. The number of nitrogens with two attached hydrogens (primary N) is 1. The number of azo groups is 1. The predicted octanol–water partition coefficient (Wildman–Crippen LogP) is 4.75. The van der Waals surface area contributed by atoms with E-state index in [1.807, 2.05) is 6.07 Å². The number of phenols is 1. The molecule has 44 heavy (non-hydrogen) atoms. The van der Waals surface area contributed by atoms with Crippen molar-refractivity contribution in [3.05, 3.63) is 77.9 Å². The third-order valence-electron chi connectivity index (χ3n) is 6.33. The van der Waals surface area contributed by atoms with E-state index in [-0.39, 0.29) is 39.1 Å². The van der Waals surface area contributed by atoms with Crippen LogP contribution in [0.25, 0.3) is 10.8 Å². The Balaban J connectivity index is 1.92. The number of rotatable bonds is 9. The fourth-order valence-electron chi connectivity index (χ4n) is 4.11. The highest BCUT2D eigenvalue weighted by Gasteiger charge is 2.24. The summed E-state index contributed by atoms with van der Waals surface area (Å²) in [5, 5.41) is 36.7. The minimum atomic E-state index is -4.43. The van der Waals surface area contributed by atoms with Crippen LogP contribution in [-0.2, 0) is 29.6 Å². The molecule has 1 amide bonds. The lowest BCUT2D eigenvalue weighted by Crippen LogP contribution is -2.26. The van der Waals surface area contributed by atoms with E-state index in [1.54, 1.807) is 25.1 Å². The monoisotopic (exact) mass is 634 g/mol. The van der Waals surface area contributed by atoms with Crippen molar-refractivity contribution in [1.82, 2.24) is 0 Å². The van der Waals surface area contributed by atoms with Crippen molar-refractivity contribution >= 4 is 65.3 Å². The summed E-state index contributed by atoms with van der Waals surface area (Å²) in [4.78, 5) is 24.0. The van der Waals surface area contributed by atoms with Gasteiger partial charge >= 0.3 is 0 Å². The molecule has 0 bridgehead atoms. The largest absolute Gasteiger partial charge is 0.505 e. The van der Waals surface area contributed by atoms with Crippen molar-refractivity contribution in [3.63, 3.8) is 0 Å². The van der Waals surface area contributed by atoms with E-state index in [0.29, 0.717) is 0 Å². The van der Waals surface area contributed by atoms with Gasteiger partial charge in [0.2, 0.25) is 15.8 Å². The molecule has 0 radical (unpaired) electrons. The molecular formula is C29H26N6O7S2. The lowest BCUT2D eigenvalue weighted by molar-refractivity contribution is -0.136. The molecule has 4 aromatic rings. The number of aromatic hydroxyl groups is 1. The van der Waals surface area contributed by atoms with Crippen LogP contribution in [0.15, 0.2) is 86.7 Å². The summed E-state index contributed by atoms with van der Waals surface area (Å²) in [7, 11) is -8.64. The lowest BCUT2D eigenvalue weighted by atomic mass is 10.0. The average molecular weight is 635 g/mol. The summed E-state index contributed by atoms with van der Waals surface area (Å²) in [5.41, 5.74) is 0.870. The Bertz CT molecular complexity index is 2120. The topological polar surface area (TPSA) is 221 Å². The lowest BCUT2D eigenvalue weighted by Gasteiger charge is -2.16. The molecule has 0 saturated heterocycles. The Morgan fingerprint density at radius 3 is 2.23 bits per heavy atom. The highest BCUT2D eigenvalue weighted by Crippen LogP contribution is 2.44. The number of benzene rings is 4. The molecular weight excluding hydrogens is 608 g/mol. The minimum absolute atomic E-state index is 0.0247. The third kappa shape index (κ3) is 6.73. The molecule has 0 unspecified atom stereocenters. The molecule has 0 saturated carbocycles. The number of sulfonamides is 2. The van der Waals surface area contributed by atoms with Crippen LogP contribution in [0.3, 0.4) is 0 Å². The van der Waals surface area contributed by atoms with Gasteiger partial charge in [0.05, 0.1) is 32.4 Å². The Labute approximate surface area is 253 Å². The number of amides is 1. The van der Waals surface area contributed by atoms with Gasteiger partial charge in [-0.05, 0) is 55.0 Å². The second-order valence-electron chi connectivity index (χ2n) is 9.95. The molecule has 4 rings (SSSR count). The van der Waals surface area contributed by atoms with E-state index in [2.05, 4.69) is 20.3 Å². The van der Waals surface area contributed by atoms with Crippen LogP contribution >= 0.6 is 0 Å². The van der Waals surface area contributed by atoms with Gasteiger partial charge in [0, 0.05) is 16.7 Å². The number of carbonyl (C=O) groups is 2. The maximum atomic E-state index is 13.4. The number of Topliss-reactive ketones (excluding diaryl/α,β-unsaturated/α-hetero) is 1. The second kappa shape index (κ2) is 12.2. The first-order valence-corrected chi connectivity index (χ1v) is 15.9. The number of phenolic OH excluding ortho intramolecular Hbond substituents is 1. The first kappa shape index (κ1) is 31.8. The van der Waals surface area contributed by atoms with Crippen LogP contribution in [0.2, 0.25) is 0 Å². The number of anilines is 2. The van der Waals surface area contributed by atoms with Crippen molar-refractivity contribution in [2.75, 3.05) is 10.0 Å². The van der Waals surface area contributed by atoms with Gasteiger partial charge in [-0.2, -0.15) is 5.26 Å². The Kier molecular flexibility index (Phi) is 8.81. The maximum absolute atomic E-state index is 13.4. The summed E-state index contributed by atoms with van der Waals surface area (Å²) < 4.78 is 52.7. The Morgan fingerprint density at radius 2 is 1.57 bits per heavy atom. The van der Waals surface area contributed by atoms with E-state index in [1.165, 1.54) is 50.2 Å². The molecule has 0 aliphatic rings. The highest BCUT2D eigenvalue weighted by atomic mass is 32.2. The molecule has 0 spiro atoms. The van der Waals surface area contributed by atoms with Gasteiger partial charge in [-0.1, -0.05) is 38.1 Å². The SMILES string of the molecule is Cc1ccc(N=Nc2cc(NC(=O)C(=O)C(C)C)c(O)c3cccc(NS(=O)(=O)c4cccc(S(N)(=O)=O)c4)c23)c(C#N)c1. The number of fused-ring (bicyclic) bond motifs is 1. The van der Waals surface area contributed by atoms with E-state index < -0.39 is 53.2 Å². The number of hydrogen-bond acceptors (Lipinski definition) is 10. The molecule has 0 aromatic heterocycles. The van der Waals surface area contributed by atoms with E-state index in [0.717, 1.165) is 17.7 Å². The molecule has 226 valence electrons. The summed E-state index contributed by atoms with van der Waals surface area (Å²) >= 11 is 0. The molecule has 0 aliphatic carbocycles. The van der Waals surface area contributed by atoms with Crippen molar-refractivity contribution in [2.45, 2.75) is 30.6 Å². The molecule has 0 heterocycles. The quantitative estimate of drug-likeness (QED) is 0.114. The van der Waals surface area contributed by atoms with Crippen molar-refractivity contribution in [2.24, 2.45) is 21.3 Å². The number of nitrogens with one attached hydrogen (secondary N) is 2. The first-order valence-electron chi connectivity index (χ1n) is 12.8. The summed E-state index contributed by atoms with van der Waals surface area (Å²) in [5.74, 6) is -2.85. The Morgan fingerprint density at radius 1 is 0.909 bits per heavy atom. The van der Waals surface area contributed by atoms with Gasteiger partial charge in [-0.25, -0.2) is 22.0 Å². The van der Waals surface area contributed by atoms with E-state index in [4.69, 9.17) is 5.14 Å². The zero-order chi connectivity index (χ0) is 32.4. The second-order valence-corrected chi connectivity index (χ2v) is 13.2. The van der Waals surface area contributed by atoms with Crippen LogP contribution in [0.5, 0.6) is 5.75 Å². The molecule has 0 fully saturated rings. The smallest absolute Gasteiger partial charge is 0.292 e. The van der Waals surface area contributed by atoms with Crippen LogP contribution in [0.1, 0.15) is 25.0 Å². The van der Waals surface area contributed by atoms with Gasteiger partial charge < -0.3 is 10.4 Å². The fourth-order valence-corrected chi connectivity index (χ4v) is 5.86. The number of ketones is 1. The minimum Gasteiger partial charge on any atom is -0.505 e. The third-order valence-corrected chi connectivity index (χ3v) is 8.61. The normalized spacial score (nSPS) is 11.9. The van der Waals surface area contributed by atoms with Crippen LogP contribution in [0, 0.1) is 24.2 Å².